The van der Waals surface area contributed by atoms with Crippen LogP contribution in [0.15, 0.2) is 46.8 Å². The maximum absolute atomic E-state index is 12.4. The first kappa shape index (κ1) is 20.1. The quantitative estimate of drug-likeness (QED) is 0.248. The van der Waals surface area contributed by atoms with Crippen molar-refractivity contribution in [3.63, 3.8) is 0 Å². The van der Waals surface area contributed by atoms with Crippen LogP contribution in [0, 0.1) is 10.1 Å². The Hall–Kier alpha value is -2.69. The normalized spacial score (nSPS) is 10.5. The van der Waals surface area contributed by atoms with E-state index in [2.05, 4.69) is 15.5 Å². The highest BCUT2D eigenvalue weighted by Crippen LogP contribution is 2.34. The van der Waals surface area contributed by atoms with Gasteiger partial charge in [-0.15, -0.1) is 10.2 Å². The van der Waals surface area contributed by atoms with E-state index in [1.165, 1.54) is 31.0 Å². The van der Waals surface area contributed by atoms with Crippen LogP contribution in [0.4, 0.5) is 10.8 Å². The summed E-state index contributed by atoms with van der Waals surface area (Å²) < 4.78 is 5.72. The van der Waals surface area contributed by atoms with E-state index in [1.807, 2.05) is 0 Å². The molecule has 3 rings (SSSR count). The molecule has 1 aromatic heterocycles. The number of rotatable bonds is 7. The van der Waals surface area contributed by atoms with E-state index >= 15 is 0 Å². The molecule has 0 radical (unpaired) electrons. The molecule has 1 amide bonds. The van der Waals surface area contributed by atoms with Crippen molar-refractivity contribution in [2.75, 3.05) is 12.4 Å². The first-order valence-corrected chi connectivity index (χ1v) is 10.00. The third kappa shape index (κ3) is 4.58. The lowest BCUT2D eigenvalue weighted by molar-refractivity contribution is -0.385. The summed E-state index contributed by atoms with van der Waals surface area (Å²) in [5.41, 5.74) is 0.740. The Morgan fingerprint density at radius 3 is 2.82 bits per heavy atom. The molecule has 3 aromatic rings. The predicted molar refractivity (Wildman–Crippen MR) is 109 cm³/mol. The van der Waals surface area contributed by atoms with Crippen LogP contribution in [0.25, 0.3) is 0 Å². The van der Waals surface area contributed by atoms with E-state index in [4.69, 9.17) is 16.3 Å². The highest BCUT2D eigenvalue weighted by Gasteiger charge is 2.18. The van der Waals surface area contributed by atoms with Crippen LogP contribution in [0.3, 0.4) is 0 Å². The molecule has 0 fully saturated rings. The molecule has 1 heterocycles. The number of halogens is 1. The number of para-hydroxylation sites is 1. The lowest BCUT2D eigenvalue weighted by atomic mass is 10.2. The number of methoxy groups -OCH3 is 1. The molecule has 0 atom stereocenters. The number of amides is 1. The maximum atomic E-state index is 12.4. The van der Waals surface area contributed by atoms with Gasteiger partial charge in [0.25, 0.3) is 11.6 Å². The van der Waals surface area contributed by atoms with Crippen molar-refractivity contribution in [1.29, 1.82) is 0 Å². The van der Waals surface area contributed by atoms with Crippen molar-refractivity contribution in [1.82, 2.24) is 10.2 Å². The Morgan fingerprint density at radius 2 is 2.07 bits per heavy atom. The Labute approximate surface area is 173 Å². The lowest BCUT2D eigenvalue weighted by Crippen LogP contribution is -2.12. The summed E-state index contributed by atoms with van der Waals surface area (Å²) in [4.78, 5) is 23.1. The number of nitro groups is 1. The van der Waals surface area contributed by atoms with E-state index in [9.17, 15) is 14.9 Å². The molecule has 8 nitrogen and oxygen atoms in total. The van der Waals surface area contributed by atoms with Gasteiger partial charge < -0.3 is 4.74 Å². The van der Waals surface area contributed by atoms with Gasteiger partial charge in [0.2, 0.25) is 5.13 Å². The standard InChI is InChI=1S/C17H13ClN4O4S2/c1-26-14-8-3-2-5-10(14)15(23)19-16-20-21-17(28-16)27-9-11-12(18)6-4-7-13(11)22(24)25/h2-8H,9H2,1H3,(H,19,20,23). The van der Waals surface area contributed by atoms with Gasteiger partial charge in [0, 0.05) is 11.8 Å². The fraction of sp³-hybridized carbons (Fsp3) is 0.118. The minimum absolute atomic E-state index is 0.0470. The van der Waals surface area contributed by atoms with Gasteiger partial charge in [0.1, 0.15) is 5.75 Å². The third-order valence-corrected chi connectivity index (χ3v) is 5.96. The van der Waals surface area contributed by atoms with Gasteiger partial charge in [0.05, 0.1) is 28.2 Å². The number of nitro benzene ring substituents is 1. The van der Waals surface area contributed by atoms with Crippen molar-refractivity contribution < 1.29 is 14.5 Å². The summed E-state index contributed by atoms with van der Waals surface area (Å²) in [6.07, 6.45) is 0. The zero-order valence-corrected chi connectivity index (χ0v) is 16.8. The highest BCUT2D eigenvalue weighted by molar-refractivity contribution is 8.00. The number of benzene rings is 2. The zero-order valence-electron chi connectivity index (χ0n) is 14.4. The average Bonchev–Trinajstić information content (AvgIpc) is 3.13. The van der Waals surface area contributed by atoms with Crippen LogP contribution in [0.2, 0.25) is 5.02 Å². The third-order valence-electron chi connectivity index (χ3n) is 3.61. The Balaban J connectivity index is 1.69. The van der Waals surface area contributed by atoms with Crippen LogP contribution in [0.1, 0.15) is 15.9 Å². The predicted octanol–water partition coefficient (Wildman–Crippen LogP) is 4.65. The number of aromatic nitrogens is 2. The van der Waals surface area contributed by atoms with Gasteiger partial charge in [-0.2, -0.15) is 0 Å². The lowest BCUT2D eigenvalue weighted by Gasteiger charge is -2.06. The number of carbonyl (C=O) groups excluding carboxylic acids is 1. The van der Waals surface area contributed by atoms with Gasteiger partial charge in [-0.1, -0.05) is 52.9 Å². The molecule has 0 spiro atoms. The molecular formula is C17H13ClN4O4S2. The number of hydrogen-bond acceptors (Lipinski definition) is 8. The number of nitrogens with zero attached hydrogens (tertiary/aromatic N) is 3. The molecule has 0 aliphatic rings. The second-order valence-corrected chi connectivity index (χ2v) is 7.92. The van der Waals surface area contributed by atoms with Crippen molar-refractivity contribution >= 4 is 51.4 Å². The van der Waals surface area contributed by atoms with Crippen molar-refractivity contribution in [2.24, 2.45) is 0 Å². The van der Waals surface area contributed by atoms with E-state index in [0.717, 1.165) is 11.3 Å². The second kappa shape index (κ2) is 9.00. The largest absolute Gasteiger partial charge is 0.496 e. The van der Waals surface area contributed by atoms with Gasteiger partial charge in [0.15, 0.2) is 4.34 Å². The van der Waals surface area contributed by atoms with Crippen LogP contribution in [-0.4, -0.2) is 28.1 Å². The molecule has 11 heteroatoms. The first-order chi connectivity index (χ1) is 13.5. The van der Waals surface area contributed by atoms with Crippen LogP contribution in [-0.2, 0) is 5.75 Å². The fourth-order valence-electron chi connectivity index (χ4n) is 2.31. The second-order valence-electron chi connectivity index (χ2n) is 5.31. The van der Waals surface area contributed by atoms with E-state index in [-0.39, 0.29) is 17.3 Å². The molecule has 0 unspecified atom stereocenters. The molecule has 1 N–H and O–H groups in total. The molecule has 0 saturated heterocycles. The zero-order chi connectivity index (χ0) is 20.1. The van der Waals surface area contributed by atoms with Crippen LogP contribution >= 0.6 is 34.7 Å². The van der Waals surface area contributed by atoms with E-state index in [1.54, 1.807) is 30.3 Å². The smallest absolute Gasteiger partial charge is 0.274 e. The highest BCUT2D eigenvalue weighted by atomic mass is 35.5. The van der Waals surface area contributed by atoms with Gasteiger partial charge in [-0.25, -0.2) is 0 Å². The summed E-state index contributed by atoms with van der Waals surface area (Å²) >= 11 is 8.51. The number of anilines is 1. The monoisotopic (exact) mass is 436 g/mol. The minimum atomic E-state index is -0.471. The first-order valence-electron chi connectivity index (χ1n) is 7.82. The summed E-state index contributed by atoms with van der Waals surface area (Å²) in [6.45, 7) is 0. The molecule has 0 bridgehead atoms. The molecular weight excluding hydrogens is 424 g/mol. The Morgan fingerprint density at radius 1 is 1.29 bits per heavy atom. The molecule has 0 saturated carbocycles. The van der Waals surface area contributed by atoms with Gasteiger partial charge >= 0.3 is 0 Å². The van der Waals surface area contributed by atoms with Crippen molar-refractivity contribution in [3.8, 4) is 5.75 Å². The number of nitrogens with one attached hydrogen (secondary N) is 1. The van der Waals surface area contributed by atoms with E-state index < -0.39 is 4.92 Å². The molecule has 0 aliphatic heterocycles. The number of thioether (sulfide) groups is 1. The van der Waals surface area contributed by atoms with Crippen LogP contribution < -0.4 is 10.1 Å². The summed E-state index contributed by atoms with van der Waals surface area (Å²) in [5.74, 6) is 0.336. The number of carbonyl (C=O) groups is 1. The molecule has 28 heavy (non-hydrogen) atoms. The number of ether oxygens (including phenoxy) is 1. The fourth-order valence-corrected chi connectivity index (χ4v) is 4.42. The van der Waals surface area contributed by atoms with Gasteiger partial charge in [-0.05, 0) is 18.2 Å². The number of hydrogen-bond donors (Lipinski definition) is 1. The minimum Gasteiger partial charge on any atom is -0.496 e. The van der Waals surface area contributed by atoms with E-state index in [0.29, 0.717) is 31.4 Å². The maximum Gasteiger partial charge on any atom is 0.274 e. The Bertz CT molecular complexity index is 1030. The van der Waals surface area contributed by atoms with Gasteiger partial charge in [-0.3, -0.25) is 20.2 Å². The Kier molecular flexibility index (Phi) is 6.45. The summed E-state index contributed by atoms with van der Waals surface area (Å²) in [6, 6.07) is 11.4. The molecule has 144 valence electrons. The van der Waals surface area contributed by atoms with Crippen molar-refractivity contribution in [2.45, 2.75) is 10.1 Å². The molecule has 0 aliphatic carbocycles. The van der Waals surface area contributed by atoms with Crippen LogP contribution in [0.5, 0.6) is 5.75 Å². The topological polar surface area (TPSA) is 107 Å². The van der Waals surface area contributed by atoms with Crippen molar-refractivity contribution in [3.05, 3.63) is 68.7 Å². The summed E-state index contributed by atoms with van der Waals surface area (Å²) in [5, 5.41) is 22.4. The SMILES string of the molecule is COc1ccccc1C(=O)Nc1nnc(SCc2c(Cl)cccc2[N+](=O)[O-])s1. The molecule has 2 aromatic carbocycles. The summed E-state index contributed by atoms with van der Waals surface area (Å²) in [7, 11) is 1.49. The average molecular weight is 437 g/mol.